The molecule has 0 fully saturated rings. The molecule has 0 aliphatic carbocycles. The Balaban J connectivity index is 2.01. The van der Waals surface area contributed by atoms with Crippen molar-refractivity contribution >= 4 is 11.8 Å². The molecule has 0 saturated carbocycles. The lowest BCUT2D eigenvalue weighted by Gasteiger charge is -2.19. The number of hydrogen-bond donors (Lipinski definition) is 0. The van der Waals surface area contributed by atoms with Crippen molar-refractivity contribution in [2.45, 2.75) is 37.1 Å². The summed E-state index contributed by atoms with van der Waals surface area (Å²) in [7, 11) is 1.96. The van der Waals surface area contributed by atoms with Gasteiger partial charge in [0.05, 0.1) is 0 Å². The molecule has 18 heavy (non-hydrogen) atoms. The third-order valence-electron chi connectivity index (χ3n) is 2.86. The lowest BCUT2D eigenvalue weighted by molar-refractivity contribution is 0.590. The van der Waals surface area contributed by atoms with Gasteiger partial charge >= 0.3 is 0 Å². The zero-order chi connectivity index (χ0) is 13.2. The molecule has 0 radical (unpaired) electrons. The summed E-state index contributed by atoms with van der Waals surface area (Å²) in [4.78, 5) is 0. The minimum Gasteiger partial charge on any atom is -0.312 e. The SMILES string of the molecule is Cn1cnnc1SCc1ccc(C(C)(C)C)cc1. The molecule has 4 heteroatoms. The highest BCUT2D eigenvalue weighted by Gasteiger charge is 2.12. The van der Waals surface area contributed by atoms with E-state index in [4.69, 9.17) is 0 Å². The monoisotopic (exact) mass is 261 g/mol. The van der Waals surface area contributed by atoms with Crippen molar-refractivity contribution in [1.82, 2.24) is 14.8 Å². The summed E-state index contributed by atoms with van der Waals surface area (Å²) in [6.07, 6.45) is 1.73. The van der Waals surface area contributed by atoms with Crippen molar-refractivity contribution in [3.8, 4) is 0 Å². The summed E-state index contributed by atoms with van der Waals surface area (Å²) in [5.41, 5.74) is 2.90. The Hall–Kier alpha value is -1.29. The van der Waals surface area contributed by atoms with Crippen LogP contribution in [-0.4, -0.2) is 14.8 Å². The predicted molar refractivity (Wildman–Crippen MR) is 75.7 cm³/mol. The Morgan fingerprint density at radius 1 is 1.17 bits per heavy atom. The minimum atomic E-state index is 0.218. The van der Waals surface area contributed by atoms with E-state index in [1.807, 2.05) is 11.6 Å². The normalized spacial score (nSPS) is 11.8. The molecule has 3 nitrogen and oxygen atoms in total. The smallest absolute Gasteiger partial charge is 0.191 e. The Bertz CT molecular complexity index is 509. The molecular weight excluding hydrogens is 242 g/mol. The van der Waals surface area contributed by atoms with Crippen molar-refractivity contribution in [1.29, 1.82) is 0 Å². The van der Waals surface area contributed by atoms with Crippen LogP contribution in [0.2, 0.25) is 0 Å². The van der Waals surface area contributed by atoms with Gasteiger partial charge in [-0.2, -0.15) is 0 Å². The highest BCUT2D eigenvalue weighted by atomic mass is 32.2. The number of rotatable bonds is 3. The van der Waals surface area contributed by atoms with E-state index in [0.29, 0.717) is 0 Å². The lowest BCUT2D eigenvalue weighted by atomic mass is 9.87. The first-order valence-corrected chi connectivity index (χ1v) is 7.01. The zero-order valence-electron chi connectivity index (χ0n) is 11.3. The van der Waals surface area contributed by atoms with Gasteiger partial charge in [-0.15, -0.1) is 10.2 Å². The first-order chi connectivity index (χ1) is 8.47. The first-order valence-electron chi connectivity index (χ1n) is 6.03. The molecule has 1 aromatic carbocycles. The number of hydrogen-bond acceptors (Lipinski definition) is 3. The molecule has 0 aliphatic heterocycles. The van der Waals surface area contributed by atoms with Crippen LogP contribution in [0.4, 0.5) is 0 Å². The summed E-state index contributed by atoms with van der Waals surface area (Å²) in [5, 5.41) is 8.89. The van der Waals surface area contributed by atoms with E-state index in [1.165, 1.54) is 11.1 Å². The van der Waals surface area contributed by atoms with Crippen LogP contribution in [0.15, 0.2) is 35.7 Å². The fourth-order valence-corrected chi connectivity index (χ4v) is 2.50. The molecule has 1 heterocycles. The van der Waals surface area contributed by atoms with Crippen molar-refractivity contribution in [3.05, 3.63) is 41.7 Å². The van der Waals surface area contributed by atoms with E-state index in [2.05, 4.69) is 55.2 Å². The van der Waals surface area contributed by atoms with Crippen LogP contribution < -0.4 is 0 Å². The lowest BCUT2D eigenvalue weighted by Crippen LogP contribution is -2.10. The molecule has 0 saturated heterocycles. The van der Waals surface area contributed by atoms with E-state index < -0.39 is 0 Å². The van der Waals surface area contributed by atoms with Crippen LogP contribution in [0.3, 0.4) is 0 Å². The maximum Gasteiger partial charge on any atom is 0.191 e. The van der Waals surface area contributed by atoms with Crippen LogP contribution in [0.1, 0.15) is 31.9 Å². The highest BCUT2D eigenvalue weighted by Crippen LogP contribution is 2.24. The van der Waals surface area contributed by atoms with E-state index in [1.54, 1.807) is 18.1 Å². The molecule has 0 spiro atoms. The van der Waals surface area contributed by atoms with Crippen LogP contribution >= 0.6 is 11.8 Å². The zero-order valence-corrected chi connectivity index (χ0v) is 12.2. The third kappa shape index (κ3) is 3.13. The molecule has 0 atom stereocenters. The Morgan fingerprint density at radius 3 is 2.33 bits per heavy atom. The van der Waals surface area contributed by atoms with Gasteiger partial charge in [0.15, 0.2) is 5.16 Å². The van der Waals surface area contributed by atoms with Crippen LogP contribution in [0.5, 0.6) is 0 Å². The molecule has 0 amide bonds. The Kier molecular flexibility index (Phi) is 3.76. The van der Waals surface area contributed by atoms with Crippen molar-refractivity contribution in [2.75, 3.05) is 0 Å². The molecular formula is C14H19N3S. The first kappa shape index (κ1) is 13.1. The summed E-state index contributed by atoms with van der Waals surface area (Å²) >= 11 is 1.71. The maximum absolute atomic E-state index is 4.06. The van der Waals surface area contributed by atoms with Gasteiger partial charge in [0, 0.05) is 12.8 Å². The van der Waals surface area contributed by atoms with Gasteiger partial charge < -0.3 is 4.57 Å². The summed E-state index contributed by atoms with van der Waals surface area (Å²) in [6.45, 7) is 6.70. The molecule has 0 N–H and O–H groups in total. The van der Waals surface area contributed by atoms with Crippen molar-refractivity contribution in [2.24, 2.45) is 7.05 Å². The molecule has 0 aliphatic rings. The van der Waals surface area contributed by atoms with Gasteiger partial charge in [-0.3, -0.25) is 0 Å². The third-order valence-corrected chi connectivity index (χ3v) is 3.96. The van der Waals surface area contributed by atoms with Crippen LogP contribution in [-0.2, 0) is 18.2 Å². The van der Waals surface area contributed by atoms with Gasteiger partial charge in [0.2, 0.25) is 0 Å². The van der Waals surface area contributed by atoms with Crippen LogP contribution in [0, 0.1) is 0 Å². The van der Waals surface area contributed by atoms with Gasteiger partial charge in [-0.25, -0.2) is 0 Å². The average Bonchev–Trinajstić information content (AvgIpc) is 2.72. The van der Waals surface area contributed by atoms with Gasteiger partial charge in [-0.05, 0) is 16.5 Å². The number of nitrogens with zero attached hydrogens (tertiary/aromatic N) is 3. The molecule has 0 bridgehead atoms. The quantitative estimate of drug-likeness (QED) is 0.793. The highest BCUT2D eigenvalue weighted by molar-refractivity contribution is 7.98. The van der Waals surface area contributed by atoms with E-state index in [-0.39, 0.29) is 5.41 Å². The second kappa shape index (κ2) is 5.14. The van der Waals surface area contributed by atoms with E-state index in [0.717, 1.165) is 10.9 Å². The molecule has 2 rings (SSSR count). The fraction of sp³-hybridized carbons (Fsp3) is 0.429. The summed E-state index contributed by atoms with van der Waals surface area (Å²) in [5.74, 6) is 0.928. The predicted octanol–water partition coefficient (Wildman–Crippen LogP) is 3.40. The second-order valence-electron chi connectivity index (χ2n) is 5.46. The summed E-state index contributed by atoms with van der Waals surface area (Å²) < 4.78 is 1.94. The van der Waals surface area contributed by atoms with Gasteiger partial charge in [0.1, 0.15) is 6.33 Å². The maximum atomic E-state index is 4.06. The van der Waals surface area contributed by atoms with Crippen LogP contribution in [0.25, 0.3) is 0 Å². The number of benzene rings is 1. The second-order valence-corrected chi connectivity index (χ2v) is 6.40. The Morgan fingerprint density at radius 2 is 1.83 bits per heavy atom. The average molecular weight is 261 g/mol. The topological polar surface area (TPSA) is 30.7 Å². The standard InChI is InChI=1S/C14H19N3S/c1-14(2,3)12-7-5-11(6-8-12)9-18-13-16-15-10-17(13)4/h5-8,10H,9H2,1-4H3. The molecule has 2 aromatic rings. The molecule has 0 unspecified atom stereocenters. The number of aromatic nitrogens is 3. The number of thioether (sulfide) groups is 1. The molecule has 96 valence electrons. The van der Waals surface area contributed by atoms with Gasteiger partial charge in [-0.1, -0.05) is 56.8 Å². The largest absolute Gasteiger partial charge is 0.312 e. The Labute approximate surface area is 113 Å². The summed E-state index contributed by atoms with van der Waals surface area (Å²) in [6, 6.07) is 8.83. The van der Waals surface area contributed by atoms with E-state index >= 15 is 0 Å². The van der Waals surface area contributed by atoms with E-state index in [9.17, 15) is 0 Å². The fourth-order valence-electron chi connectivity index (χ4n) is 1.65. The number of aryl methyl sites for hydroxylation is 1. The van der Waals surface area contributed by atoms with Crippen molar-refractivity contribution in [3.63, 3.8) is 0 Å². The molecule has 1 aromatic heterocycles. The van der Waals surface area contributed by atoms with Gasteiger partial charge in [0.25, 0.3) is 0 Å². The van der Waals surface area contributed by atoms with Crippen molar-refractivity contribution < 1.29 is 0 Å². The minimum absolute atomic E-state index is 0.218.